The molecule has 0 radical (unpaired) electrons. The van der Waals surface area contributed by atoms with Crippen LogP contribution in [-0.4, -0.2) is 13.8 Å². The zero-order valence-corrected chi connectivity index (χ0v) is 7.77. The fourth-order valence-electron chi connectivity index (χ4n) is 0.911. The number of benzene rings is 1. The summed E-state index contributed by atoms with van der Waals surface area (Å²) in [6, 6.07) is 5.50. The van der Waals surface area contributed by atoms with Gasteiger partial charge in [0.05, 0.1) is 10.7 Å². The number of hydrogen-bond acceptors (Lipinski definition) is 1. The molecule has 0 aliphatic rings. The molecular weight excluding hydrogens is 172 g/mol. The van der Waals surface area contributed by atoms with Gasteiger partial charge in [-0.15, -0.1) is 0 Å². The third-order valence-electron chi connectivity index (χ3n) is 1.44. The van der Waals surface area contributed by atoms with Gasteiger partial charge in [-0.25, -0.2) is 0 Å². The first-order valence-electron chi connectivity index (χ1n) is 3.63. The minimum atomic E-state index is -0.110. The fourth-order valence-corrected chi connectivity index (χ4v) is 1.19. The van der Waals surface area contributed by atoms with E-state index in [2.05, 4.69) is 5.32 Å². The molecule has 0 saturated heterocycles. The van der Waals surface area contributed by atoms with E-state index in [1.807, 2.05) is 20.0 Å². The van der Waals surface area contributed by atoms with Crippen LogP contribution in [0.4, 0.5) is 5.69 Å². The lowest BCUT2D eigenvalue weighted by atomic mass is 9.96. The molecular formula is C8H9BClNO. The molecule has 0 aliphatic carbocycles. The van der Waals surface area contributed by atoms with E-state index in [-0.39, 0.29) is 5.91 Å². The van der Waals surface area contributed by atoms with Gasteiger partial charge in [-0.3, -0.25) is 4.79 Å². The second-order valence-electron chi connectivity index (χ2n) is 2.66. The lowest BCUT2D eigenvalue weighted by Crippen LogP contribution is -2.08. The van der Waals surface area contributed by atoms with Crippen molar-refractivity contribution in [2.24, 2.45) is 0 Å². The quantitative estimate of drug-likeness (QED) is 0.630. The molecule has 0 atom stereocenters. The zero-order chi connectivity index (χ0) is 9.14. The molecule has 0 fully saturated rings. The van der Waals surface area contributed by atoms with Crippen molar-refractivity contribution >= 4 is 36.5 Å². The predicted octanol–water partition coefficient (Wildman–Crippen LogP) is 0.557. The van der Waals surface area contributed by atoms with Gasteiger partial charge in [-0.05, 0) is 12.1 Å². The highest BCUT2D eigenvalue weighted by Crippen LogP contribution is 2.18. The van der Waals surface area contributed by atoms with Crippen molar-refractivity contribution < 1.29 is 4.79 Å². The van der Waals surface area contributed by atoms with Crippen molar-refractivity contribution in [2.75, 3.05) is 5.32 Å². The van der Waals surface area contributed by atoms with Crippen LogP contribution in [0, 0.1) is 0 Å². The summed E-state index contributed by atoms with van der Waals surface area (Å²) in [6.07, 6.45) is 0. The molecule has 1 N–H and O–H groups in total. The van der Waals surface area contributed by atoms with E-state index >= 15 is 0 Å². The van der Waals surface area contributed by atoms with Gasteiger partial charge in [0.15, 0.2) is 0 Å². The Morgan fingerprint density at radius 3 is 2.75 bits per heavy atom. The first-order valence-corrected chi connectivity index (χ1v) is 4.01. The summed E-state index contributed by atoms with van der Waals surface area (Å²) < 4.78 is 0. The summed E-state index contributed by atoms with van der Waals surface area (Å²) in [5.74, 6) is -0.110. The monoisotopic (exact) mass is 181 g/mol. The SMILES string of the molecule is Bc1ccc(NC(C)=O)c(Cl)c1. The average molecular weight is 181 g/mol. The highest BCUT2D eigenvalue weighted by Gasteiger charge is 2.00. The summed E-state index contributed by atoms with van der Waals surface area (Å²) in [6.45, 7) is 1.45. The van der Waals surface area contributed by atoms with Crippen molar-refractivity contribution in [3.05, 3.63) is 23.2 Å². The number of halogens is 1. The molecule has 0 heterocycles. The number of carbonyl (C=O) groups excluding carboxylic acids is 1. The van der Waals surface area contributed by atoms with Gasteiger partial charge in [-0.2, -0.15) is 0 Å². The Morgan fingerprint density at radius 2 is 2.25 bits per heavy atom. The first-order chi connectivity index (χ1) is 5.59. The van der Waals surface area contributed by atoms with Crippen molar-refractivity contribution in [1.29, 1.82) is 0 Å². The van der Waals surface area contributed by atoms with Crippen LogP contribution < -0.4 is 10.8 Å². The fraction of sp³-hybridized carbons (Fsp3) is 0.125. The minimum Gasteiger partial charge on any atom is -0.325 e. The van der Waals surface area contributed by atoms with E-state index in [9.17, 15) is 4.79 Å². The minimum absolute atomic E-state index is 0.110. The van der Waals surface area contributed by atoms with Gasteiger partial charge in [0, 0.05) is 6.92 Å². The van der Waals surface area contributed by atoms with Crippen LogP contribution in [0.5, 0.6) is 0 Å². The maximum absolute atomic E-state index is 10.7. The van der Waals surface area contributed by atoms with Crippen molar-refractivity contribution in [3.8, 4) is 0 Å². The third-order valence-corrected chi connectivity index (χ3v) is 1.75. The van der Waals surface area contributed by atoms with E-state index in [0.29, 0.717) is 10.7 Å². The Bertz CT molecular complexity index is 314. The number of amides is 1. The molecule has 12 heavy (non-hydrogen) atoms. The standard InChI is InChI=1S/C8H9BClNO/c1-5(12)11-8-3-2-6(9)4-7(8)10/h2-4H,9H2,1H3,(H,11,12). The normalized spacial score (nSPS) is 9.50. The molecule has 0 spiro atoms. The van der Waals surface area contributed by atoms with E-state index in [1.165, 1.54) is 6.92 Å². The molecule has 0 unspecified atom stereocenters. The number of hydrogen-bond donors (Lipinski definition) is 1. The van der Waals surface area contributed by atoms with Crippen LogP contribution in [0.2, 0.25) is 5.02 Å². The van der Waals surface area contributed by atoms with Crippen molar-refractivity contribution in [2.45, 2.75) is 6.92 Å². The second kappa shape index (κ2) is 3.63. The number of carbonyl (C=O) groups is 1. The first kappa shape index (κ1) is 9.14. The lowest BCUT2D eigenvalue weighted by Gasteiger charge is -2.04. The molecule has 1 aromatic rings. The van der Waals surface area contributed by atoms with Crippen LogP contribution in [0.15, 0.2) is 18.2 Å². The molecule has 0 saturated carbocycles. The van der Waals surface area contributed by atoms with Crippen LogP contribution in [0.3, 0.4) is 0 Å². The summed E-state index contributed by atoms with van der Waals surface area (Å²) >= 11 is 5.86. The Balaban J connectivity index is 2.93. The Hall–Kier alpha value is -0.955. The van der Waals surface area contributed by atoms with E-state index < -0.39 is 0 Å². The molecule has 2 nitrogen and oxygen atoms in total. The smallest absolute Gasteiger partial charge is 0.221 e. The van der Waals surface area contributed by atoms with Crippen LogP contribution in [0.25, 0.3) is 0 Å². The highest BCUT2D eigenvalue weighted by molar-refractivity contribution is 6.38. The van der Waals surface area contributed by atoms with Gasteiger partial charge in [0.25, 0.3) is 0 Å². The summed E-state index contributed by atoms with van der Waals surface area (Å²) in [5, 5.41) is 3.20. The largest absolute Gasteiger partial charge is 0.325 e. The third kappa shape index (κ3) is 2.27. The summed E-state index contributed by atoms with van der Waals surface area (Å²) in [4.78, 5) is 10.7. The zero-order valence-electron chi connectivity index (χ0n) is 7.02. The lowest BCUT2D eigenvalue weighted by molar-refractivity contribution is -0.114. The van der Waals surface area contributed by atoms with Gasteiger partial charge < -0.3 is 5.32 Å². The van der Waals surface area contributed by atoms with E-state index in [1.54, 1.807) is 6.07 Å². The average Bonchev–Trinajstić information content (AvgIpc) is 1.94. The Kier molecular flexibility index (Phi) is 2.76. The highest BCUT2D eigenvalue weighted by atomic mass is 35.5. The van der Waals surface area contributed by atoms with Gasteiger partial charge in [0.1, 0.15) is 7.85 Å². The Morgan fingerprint density at radius 1 is 1.58 bits per heavy atom. The van der Waals surface area contributed by atoms with E-state index in [0.717, 1.165) is 5.46 Å². The van der Waals surface area contributed by atoms with Crippen LogP contribution >= 0.6 is 11.6 Å². The van der Waals surface area contributed by atoms with Gasteiger partial charge >= 0.3 is 0 Å². The topological polar surface area (TPSA) is 29.1 Å². The van der Waals surface area contributed by atoms with Crippen LogP contribution in [-0.2, 0) is 4.79 Å². The number of nitrogens with one attached hydrogen (secondary N) is 1. The van der Waals surface area contributed by atoms with Gasteiger partial charge in [-0.1, -0.05) is 23.1 Å². The number of anilines is 1. The van der Waals surface area contributed by atoms with Crippen molar-refractivity contribution in [3.63, 3.8) is 0 Å². The van der Waals surface area contributed by atoms with E-state index in [4.69, 9.17) is 11.6 Å². The Labute approximate surface area is 77.3 Å². The molecule has 1 aromatic carbocycles. The molecule has 4 heteroatoms. The number of rotatable bonds is 1. The maximum atomic E-state index is 10.7. The predicted molar refractivity (Wildman–Crippen MR) is 53.9 cm³/mol. The molecule has 1 rings (SSSR count). The van der Waals surface area contributed by atoms with Crippen LogP contribution in [0.1, 0.15) is 6.92 Å². The maximum Gasteiger partial charge on any atom is 0.221 e. The summed E-state index contributed by atoms with van der Waals surface area (Å²) in [7, 11) is 1.95. The van der Waals surface area contributed by atoms with Crippen molar-refractivity contribution in [1.82, 2.24) is 0 Å². The molecule has 0 aliphatic heterocycles. The molecule has 1 amide bonds. The summed E-state index contributed by atoms with van der Waals surface area (Å²) in [5.41, 5.74) is 1.74. The molecule has 0 bridgehead atoms. The molecule has 62 valence electrons. The van der Waals surface area contributed by atoms with Gasteiger partial charge in [0.2, 0.25) is 5.91 Å². The molecule has 0 aromatic heterocycles. The second-order valence-corrected chi connectivity index (χ2v) is 3.07.